The van der Waals surface area contributed by atoms with Crippen molar-refractivity contribution >= 4 is 17.6 Å². The molecule has 0 amide bonds. The molecular formula is C28H38ClN3O3. The first-order valence-electron chi connectivity index (χ1n) is 12.4. The maximum absolute atomic E-state index is 10.8. The lowest BCUT2D eigenvalue weighted by molar-refractivity contribution is 0.0690. The van der Waals surface area contributed by atoms with E-state index in [1.165, 1.54) is 57.4 Å². The molecule has 3 aromatic rings. The van der Waals surface area contributed by atoms with Crippen molar-refractivity contribution in [2.45, 2.75) is 77.7 Å². The topological polar surface area (TPSA) is 88.2 Å². The molecule has 190 valence electrons. The average molecular weight is 500 g/mol. The van der Waals surface area contributed by atoms with Gasteiger partial charge in [0.25, 0.3) is 0 Å². The summed E-state index contributed by atoms with van der Waals surface area (Å²) in [5.41, 5.74) is 1.26. The first kappa shape index (κ1) is 28.5. The van der Waals surface area contributed by atoms with Crippen LogP contribution in [0.5, 0.6) is 0 Å². The van der Waals surface area contributed by atoms with Gasteiger partial charge in [0.15, 0.2) is 0 Å². The minimum Gasteiger partial charge on any atom is -0.477 e. The van der Waals surface area contributed by atoms with Gasteiger partial charge < -0.3 is 14.8 Å². The molecule has 0 spiro atoms. The fraction of sp³-hybridized carbons (Fsp3) is 0.464. The van der Waals surface area contributed by atoms with Gasteiger partial charge in [-0.3, -0.25) is 0 Å². The van der Waals surface area contributed by atoms with Crippen LogP contribution < -0.4 is 5.32 Å². The van der Waals surface area contributed by atoms with Crippen molar-refractivity contribution in [3.05, 3.63) is 71.5 Å². The number of hydrogen-bond donors (Lipinski definition) is 2. The maximum atomic E-state index is 10.8. The van der Waals surface area contributed by atoms with Gasteiger partial charge in [0.1, 0.15) is 12.0 Å². The fourth-order valence-corrected chi connectivity index (χ4v) is 3.82. The Balaban J connectivity index is 0.000000250. The van der Waals surface area contributed by atoms with Crippen molar-refractivity contribution < 1.29 is 14.3 Å². The Morgan fingerprint density at radius 3 is 2.34 bits per heavy atom. The van der Waals surface area contributed by atoms with E-state index in [1.807, 2.05) is 6.07 Å². The first-order valence-corrected chi connectivity index (χ1v) is 12.8. The van der Waals surface area contributed by atoms with Gasteiger partial charge in [-0.2, -0.15) is 0 Å². The zero-order valence-electron chi connectivity index (χ0n) is 21.1. The molecular weight excluding hydrogens is 462 g/mol. The van der Waals surface area contributed by atoms with Crippen LogP contribution in [0.4, 0.5) is 0 Å². The Hall–Kier alpha value is -2.70. The van der Waals surface area contributed by atoms with E-state index in [0.29, 0.717) is 10.7 Å². The molecule has 0 aliphatic carbocycles. The Kier molecular flexibility index (Phi) is 12.5. The predicted octanol–water partition coefficient (Wildman–Crippen LogP) is 7.74. The number of aromatic carboxylic acids is 1. The van der Waals surface area contributed by atoms with Crippen LogP contribution >= 0.6 is 11.6 Å². The second kappa shape index (κ2) is 15.3. The van der Waals surface area contributed by atoms with Crippen LogP contribution in [0, 0.1) is 0 Å². The second-order valence-corrected chi connectivity index (χ2v) is 9.52. The first-order chi connectivity index (χ1) is 16.8. The summed E-state index contributed by atoms with van der Waals surface area (Å²) >= 11 is 5.85. The number of unbranched alkanes of at least 4 members (excludes halogenated alkanes) is 7. The van der Waals surface area contributed by atoms with Gasteiger partial charge in [-0.1, -0.05) is 81.7 Å². The van der Waals surface area contributed by atoms with Crippen molar-refractivity contribution in [2.24, 2.45) is 0 Å². The molecule has 0 fully saturated rings. The highest BCUT2D eigenvalue weighted by atomic mass is 35.5. The highest BCUT2D eigenvalue weighted by molar-refractivity contribution is 6.30. The SMILES string of the molecule is CCCCCCCCCCNC(C)(C)c1ncco1.O=C(O)c1cccc(-c2cccc(Cl)c2)n1. The molecule has 0 saturated carbocycles. The molecule has 2 N–H and O–H groups in total. The van der Waals surface area contributed by atoms with Gasteiger partial charge in [0.2, 0.25) is 5.89 Å². The Labute approximate surface area is 214 Å². The number of nitrogens with zero attached hydrogens (tertiary/aromatic N) is 2. The molecule has 35 heavy (non-hydrogen) atoms. The van der Waals surface area contributed by atoms with E-state index < -0.39 is 5.97 Å². The smallest absolute Gasteiger partial charge is 0.354 e. The second-order valence-electron chi connectivity index (χ2n) is 9.09. The van der Waals surface area contributed by atoms with E-state index in [2.05, 4.69) is 36.1 Å². The van der Waals surface area contributed by atoms with E-state index >= 15 is 0 Å². The molecule has 0 unspecified atom stereocenters. The van der Waals surface area contributed by atoms with Gasteiger partial charge in [-0.25, -0.2) is 14.8 Å². The molecule has 0 aliphatic rings. The van der Waals surface area contributed by atoms with Crippen LogP contribution in [0.25, 0.3) is 11.3 Å². The minimum atomic E-state index is -1.04. The van der Waals surface area contributed by atoms with Crippen molar-refractivity contribution in [3.63, 3.8) is 0 Å². The van der Waals surface area contributed by atoms with Crippen molar-refractivity contribution in [3.8, 4) is 11.3 Å². The standard InChI is InChI=1S/C16H30N2O.C12H8ClNO2/c1-4-5-6-7-8-9-10-11-12-18-16(2,3)15-17-13-14-19-15;13-9-4-1-3-8(7-9)10-5-2-6-11(14-10)12(15)16/h13-14,18H,4-12H2,1-3H3;1-7H,(H,15,16). The minimum absolute atomic E-state index is 0.0254. The van der Waals surface area contributed by atoms with Gasteiger partial charge in [-0.05, 0) is 51.1 Å². The third-order valence-electron chi connectivity index (χ3n) is 5.65. The average Bonchev–Trinajstić information content (AvgIpc) is 3.40. The van der Waals surface area contributed by atoms with Gasteiger partial charge in [0, 0.05) is 10.6 Å². The van der Waals surface area contributed by atoms with Crippen LogP contribution in [0.3, 0.4) is 0 Å². The molecule has 7 heteroatoms. The number of benzene rings is 1. The number of hydrogen-bond acceptors (Lipinski definition) is 5. The Morgan fingerprint density at radius 1 is 1.03 bits per heavy atom. The van der Waals surface area contributed by atoms with E-state index in [4.69, 9.17) is 21.1 Å². The zero-order valence-corrected chi connectivity index (χ0v) is 21.9. The number of carboxylic acid groups (broad SMARTS) is 1. The summed E-state index contributed by atoms with van der Waals surface area (Å²) in [5, 5.41) is 12.9. The van der Waals surface area contributed by atoms with E-state index in [-0.39, 0.29) is 11.2 Å². The summed E-state index contributed by atoms with van der Waals surface area (Å²) in [6.07, 6.45) is 14.2. The summed E-state index contributed by atoms with van der Waals surface area (Å²) in [6, 6.07) is 12.0. The normalized spacial score (nSPS) is 11.1. The summed E-state index contributed by atoms with van der Waals surface area (Å²) in [4.78, 5) is 19.0. The van der Waals surface area contributed by atoms with E-state index in [9.17, 15) is 4.79 Å². The number of rotatable bonds is 13. The molecule has 6 nitrogen and oxygen atoms in total. The molecule has 2 heterocycles. The van der Waals surface area contributed by atoms with Crippen molar-refractivity contribution in [1.29, 1.82) is 0 Å². The number of oxazole rings is 1. The quantitative estimate of drug-likeness (QED) is 0.234. The van der Waals surface area contributed by atoms with Crippen LogP contribution in [-0.2, 0) is 5.54 Å². The lowest BCUT2D eigenvalue weighted by Gasteiger charge is -2.22. The molecule has 0 radical (unpaired) electrons. The molecule has 0 bridgehead atoms. The Morgan fingerprint density at radius 2 is 1.71 bits per heavy atom. The molecule has 1 aromatic carbocycles. The largest absolute Gasteiger partial charge is 0.477 e. The van der Waals surface area contributed by atoms with Gasteiger partial charge in [-0.15, -0.1) is 0 Å². The summed E-state index contributed by atoms with van der Waals surface area (Å²) in [6.45, 7) is 7.53. The number of nitrogens with one attached hydrogen (secondary N) is 1. The summed E-state index contributed by atoms with van der Waals surface area (Å²) in [7, 11) is 0. The van der Waals surface area contributed by atoms with Gasteiger partial charge >= 0.3 is 5.97 Å². The summed E-state index contributed by atoms with van der Waals surface area (Å²) < 4.78 is 5.36. The van der Waals surface area contributed by atoms with E-state index in [1.54, 1.807) is 42.8 Å². The van der Waals surface area contributed by atoms with Crippen molar-refractivity contribution in [1.82, 2.24) is 15.3 Å². The molecule has 0 saturated heterocycles. The predicted molar refractivity (Wildman–Crippen MR) is 142 cm³/mol. The van der Waals surface area contributed by atoms with Crippen LogP contribution in [0.2, 0.25) is 5.02 Å². The van der Waals surface area contributed by atoms with Crippen LogP contribution in [0.15, 0.2) is 59.3 Å². The molecule has 0 aliphatic heterocycles. The zero-order chi connectivity index (χ0) is 25.5. The third-order valence-corrected chi connectivity index (χ3v) is 5.89. The number of halogens is 1. The van der Waals surface area contributed by atoms with Crippen LogP contribution in [0.1, 0.15) is 88.5 Å². The number of carbonyl (C=O) groups is 1. The Bertz CT molecular complexity index is 1010. The lowest BCUT2D eigenvalue weighted by atomic mass is 10.0. The molecule has 2 aromatic heterocycles. The maximum Gasteiger partial charge on any atom is 0.354 e. The van der Waals surface area contributed by atoms with Crippen LogP contribution in [-0.4, -0.2) is 27.6 Å². The lowest BCUT2D eigenvalue weighted by Crippen LogP contribution is -2.37. The number of carboxylic acids is 1. The monoisotopic (exact) mass is 499 g/mol. The van der Waals surface area contributed by atoms with Gasteiger partial charge in [0.05, 0.1) is 17.4 Å². The van der Waals surface area contributed by atoms with Crippen molar-refractivity contribution in [2.75, 3.05) is 6.54 Å². The fourth-order valence-electron chi connectivity index (χ4n) is 3.63. The van der Waals surface area contributed by atoms with E-state index in [0.717, 1.165) is 18.0 Å². The number of pyridine rings is 1. The molecule has 0 atom stereocenters. The molecule has 3 rings (SSSR count). The summed E-state index contributed by atoms with van der Waals surface area (Å²) in [5.74, 6) is -0.268. The highest BCUT2D eigenvalue weighted by Crippen LogP contribution is 2.21. The third kappa shape index (κ3) is 10.6. The number of aromatic nitrogens is 2. The highest BCUT2D eigenvalue weighted by Gasteiger charge is 2.23.